The van der Waals surface area contributed by atoms with E-state index in [9.17, 15) is 4.79 Å². The van der Waals surface area contributed by atoms with Crippen LogP contribution in [0, 0.1) is 0 Å². The fraction of sp³-hybridized carbons (Fsp3) is 0.241. The molecular formula is C29H28N6O3. The van der Waals surface area contributed by atoms with Crippen LogP contribution in [-0.2, 0) is 22.4 Å². The number of hydrogen-bond acceptors (Lipinski definition) is 7. The van der Waals surface area contributed by atoms with Crippen molar-refractivity contribution in [3.8, 4) is 11.3 Å². The molecule has 0 unspecified atom stereocenters. The van der Waals surface area contributed by atoms with Crippen LogP contribution in [0.5, 0.6) is 0 Å². The van der Waals surface area contributed by atoms with E-state index < -0.39 is 5.97 Å². The first-order valence-corrected chi connectivity index (χ1v) is 12.7. The quantitative estimate of drug-likeness (QED) is 0.323. The van der Waals surface area contributed by atoms with Crippen molar-refractivity contribution >= 4 is 34.0 Å². The first-order chi connectivity index (χ1) is 18.6. The molecule has 0 bridgehead atoms. The number of imidazole rings is 1. The summed E-state index contributed by atoms with van der Waals surface area (Å²) in [7, 11) is 0. The molecule has 3 aromatic heterocycles. The third-order valence-electron chi connectivity index (χ3n) is 6.75. The van der Waals surface area contributed by atoms with E-state index in [0.717, 1.165) is 76.6 Å². The molecule has 9 nitrogen and oxygen atoms in total. The Morgan fingerprint density at radius 1 is 0.947 bits per heavy atom. The molecule has 0 atom stereocenters. The number of aliphatic carboxylic acids is 1. The predicted octanol–water partition coefficient (Wildman–Crippen LogP) is 4.06. The monoisotopic (exact) mass is 508 g/mol. The van der Waals surface area contributed by atoms with Crippen LogP contribution >= 0.6 is 0 Å². The first kappa shape index (κ1) is 23.9. The van der Waals surface area contributed by atoms with Gasteiger partial charge in [0.1, 0.15) is 6.54 Å². The minimum Gasteiger partial charge on any atom is -0.480 e. The molecule has 0 amide bonds. The Balaban J connectivity index is 1.32. The number of morpholine rings is 1. The van der Waals surface area contributed by atoms with Gasteiger partial charge in [0.05, 0.1) is 36.3 Å². The van der Waals surface area contributed by atoms with E-state index in [2.05, 4.69) is 39.0 Å². The maximum Gasteiger partial charge on any atom is 0.322 e. The Labute approximate surface area is 219 Å². The van der Waals surface area contributed by atoms with Crippen LogP contribution in [0.1, 0.15) is 11.4 Å². The lowest BCUT2D eigenvalue weighted by atomic mass is 10.1. The van der Waals surface area contributed by atoms with Crippen LogP contribution < -0.4 is 10.2 Å². The third kappa shape index (κ3) is 5.01. The number of fused-ring (bicyclic) bond motifs is 2. The molecule has 1 aliphatic rings. The van der Waals surface area contributed by atoms with E-state index in [-0.39, 0.29) is 6.54 Å². The highest BCUT2D eigenvalue weighted by Crippen LogP contribution is 2.28. The van der Waals surface area contributed by atoms with Crippen LogP contribution in [0.4, 0.5) is 11.5 Å². The summed E-state index contributed by atoms with van der Waals surface area (Å²) >= 11 is 0. The van der Waals surface area contributed by atoms with Crippen LogP contribution in [0.3, 0.4) is 0 Å². The molecule has 5 aromatic rings. The number of nitrogens with one attached hydrogen (secondary N) is 1. The molecule has 0 saturated carbocycles. The SMILES string of the molecule is O=C(O)CNc1ccc(-c2cnc(N3CCOCC3)c3nc(CCc4ccc5ccccc5n4)cn23)cc1. The Morgan fingerprint density at radius 3 is 2.55 bits per heavy atom. The lowest BCUT2D eigenvalue weighted by Gasteiger charge is -2.28. The number of aromatic nitrogens is 4. The predicted molar refractivity (Wildman–Crippen MR) is 147 cm³/mol. The van der Waals surface area contributed by atoms with Gasteiger partial charge in [0.25, 0.3) is 0 Å². The molecule has 4 heterocycles. The van der Waals surface area contributed by atoms with Crippen molar-refractivity contribution in [3.05, 3.63) is 84.4 Å². The first-order valence-electron chi connectivity index (χ1n) is 12.7. The summed E-state index contributed by atoms with van der Waals surface area (Å²) in [4.78, 5) is 27.8. The molecule has 1 saturated heterocycles. The van der Waals surface area contributed by atoms with Gasteiger partial charge in [-0.25, -0.2) is 9.97 Å². The van der Waals surface area contributed by atoms with E-state index in [1.54, 1.807) is 0 Å². The molecule has 0 radical (unpaired) electrons. The number of anilines is 2. The van der Waals surface area contributed by atoms with Gasteiger partial charge < -0.3 is 20.1 Å². The Morgan fingerprint density at radius 2 is 1.74 bits per heavy atom. The summed E-state index contributed by atoms with van der Waals surface area (Å²) in [5.41, 5.74) is 6.47. The fourth-order valence-corrected chi connectivity index (χ4v) is 4.78. The van der Waals surface area contributed by atoms with Crippen LogP contribution in [0.15, 0.2) is 73.1 Å². The highest BCUT2D eigenvalue weighted by molar-refractivity contribution is 5.78. The van der Waals surface area contributed by atoms with Gasteiger partial charge in [0, 0.05) is 41.6 Å². The van der Waals surface area contributed by atoms with Crippen molar-refractivity contribution in [2.75, 3.05) is 43.1 Å². The number of para-hydroxylation sites is 1. The summed E-state index contributed by atoms with van der Waals surface area (Å²) < 4.78 is 7.66. The van der Waals surface area contributed by atoms with Crippen LogP contribution in [-0.4, -0.2) is 63.3 Å². The second kappa shape index (κ2) is 10.5. The Bertz CT molecular complexity index is 1590. The molecule has 2 N–H and O–H groups in total. The van der Waals surface area contributed by atoms with Crippen molar-refractivity contribution in [1.82, 2.24) is 19.4 Å². The number of pyridine rings is 1. The lowest BCUT2D eigenvalue weighted by molar-refractivity contribution is -0.134. The minimum atomic E-state index is -0.900. The number of aryl methyl sites for hydroxylation is 2. The lowest BCUT2D eigenvalue weighted by Crippen LogP contribution is -2.37. The maximum absolute atomic E-state index is 10.9. The second-order valence-electron chi connectivity index (χ2n) is 9.31. The van der Waals surface area contributed by atoms with Gasteiger partial charge in [-0.05, 0) is 37.1 Å². The highest BCUT2D eigenvalue weighted by atomic mass is 16.5. The Kier molecular flexibility index (Phi) is 6.58. The number of carboxylic acids is 1. The molecule has 0 aliphatic carbocycles. The van der Waals surface area contributed by atoms with Crippen molar-refractivity contribution in [1.29, 1.82) is 0 Å². The molecule has 1 fully saturated rings. The number of hydrogen-bond donors (Lipinski definition) is 2. The minimum absolute atomic E-state index is 0.129. The average Bonchev–Trinajstić information content (AvgIpc) is 3.39. The summed E-state index contributed by atoms with van der Waals surface area (Å²) in [5, 5.41) is 13.0. The molecule has 38 heavy (non-hydrogen) atoms. The summed E-state index contributed by atoms with van der Waals surface area (Å²) in [6.45, 7) is 2.75. The number of carbonyl (C=O) groups is 1. The molecule has 192 valence electrons. The number of ether oxygens (including phenoxy) is 1. The van der Waals surface area contributed by atoms with E-state index in [1.807, 2.05) is 48.7 Å². The smallest absolute Gasteiger partial charge is 0.322 e. The van der Waals surface area contributed by atoms with Crippen LogP contribution in [0.2, 0.25) is 0 Å². The molecular weight excluding hydrogens is 480 g/mol. The largest absolute Gasteiger partial charge is 0.480 e. The standard InChI is InChI=1S/C29H28N6O3/c36-27(37)18-30-22-8-6-21(7-9-22)26-17-31-28(34-13-15-38-16-14-34)29-33-24(19-35(26)29)12-11-23-10-5-20-3-1-2-4-25(20)32-23/h1-10,17,19,30H,11-16,18H2,(H,36,37). The van der Waals surface area contributed by atoms with E-state index in [0.29, 0.717) is 13.2 Å². The van der Waals surface area contributed by atoms with Crippen LogP contribution in [0.25, 0.3) is 27.8 Å². The highest BCUT2D eigenvalue weighted by Gasteiger charge is 2.20. The van der Waals surface area contributed by atoms with Gasteiger partial charge in [-0.15, -0.1) is 0 Å². The summed E-state index contributed by atoms with van der Waals surface area (Å²) in [5.74, 6) is -0.0459. The van der Waals surface area contributed by atoms with Gasteiger partial charge in [-0.1, -0.05) is 36.4 Å². The van der Waals surface area contributed by atoms with Gasteiger partial charge in [0.2, 0.25) is 0 Å². The van der Waals surface area contributed by atoms with E-state index >= 15 is 0 Å². The topological polar surface area (TPSA) is 105 Å². The van der Waals surface area contributed by atoms with Gasteiger partial charge in [-0.2, -0.15) is 0 Å². The zero-order valence-corrected chi connectivity index (χ0v) is 20.9. The summed E-state index contributed by atoms with van der Waals surface area (Å²) in [6, 6.07) is 20.0. The molecule has 9 heteroatoms. The third-order valence-corrected chi connectivity index (χ3v) is 6.75. The normalized spacial score (nSPS) is 13.7. The van der Waals surface area contributed by atoms with E-state index in [1.165, 1.54) is 0 Å². The van der Waals surface area contributed by atoms with Gasteiger partial charge >= 0.3 is 5.97 Å². The molecule has 2 aromatic carbocycles. The number of carboxylic acid groups (broad SMARTS) is 1. The molecule has 0 spiro atoms. The number of rotatable bonds is 8. The maximum atomic E-state index is 10.9. The Hall–Kier alpha value is -4.50. The summed E-state index contributed by atoms with van der Waals surface area (Å²) in [6.07, 6.45) is 5.52. The van der Waals surface area contributed by atoms with Gasteiger partial charge in [-0.3, -0.25) is 14.2 Å². The van der Waals surface area contributed by atoms with Crippen molar-refractivity contribution in [3.63, 3.8) is 0 Å². The number of nitrogens with zero attached hydrogens (tertiary/aromatic N) is 5. The van der Waals surface area contributed by atoms with E-state index in [4.69, 9.17) is 24.8 Å². The number of benzene rings is 2. The van der Waals surface area contributed by atoms with Gasteiger partial charge in [0.15, 0.2) is 11.5 Å². The van der Waals surface area contributed by atoms with Crippen molar-refractivity contribution < 1.29 is 14.6 Å². The average molecular weight is 509 g/mol. The van der Waals surface area contributed by atoms with Crippen molar-refractivity contribution in [2.45, 2.75) is 12.8 Å². The zero-order valence-electron chi connectivity index (χ0n) is 20.9. The molecule has 1 aliphatic heterocycles. The second-order valence-corrected chi connectivity index (χ2v) is 9.31. The molecule has 6 rings (SSSR count). The fourth-order valence-electron chi connectivity index (χ4n) is 4.78. The zero-order chi connectivity index (χ0) is 25.9. The van der Waals surface area contributed by atoms with Crippen molar-refractivity contribution in [2.24, 2.45) is 0 Å².